The molecule has 1 heterocycles. The van der Waals surface area contributed by atoms with Crippen LogP contribution in [-0.2, 0) is 4.79 Å². The molecule has 2 aromatic carbocycles. The van der Waals surface area contributed by atoms with E-state index in [4.69, 9.17) is 9.47 Å². The zero-order valence-electron chi connectivity index (χ0n) is 17.7. The predicted molar refractivity (Wildman–Crippen MR) is 116 cm³/mol. The topological polar surface area (TPSA) is 50.8 Å². The van der Waals surface area contributed by atoms with Crippen LogP contribution in [0.4, 0.5) is 0 Å². The summed E-state index contributed by atoms with van der Waals surface area (Å²) in [7, 11) is 1.67. The number of nitrogens with one attached hydrogen (secondary N) is 1. The van der Waals surface area contributed by atoms with Gasteiger partial charge in [0.05, 0.1) is 13.2 Å². The summed E-state index contributed by atoms with van der Waals surface area (Å²) >= 11 is 0. The van der Waals surface area contributed by atoms with Gasteiger partial charge >= 0.3 is 0 Å². The molecule has 1 aliphatic rings. The predicted octanol–water partition coefficient (Wildman–Crippen LogP) is 4.15. The first-order chi connectivity index (χ1) is 14.1. The fourth-order valence-electron chi connectivity index (χ4n) is 3.70. The third-order valence-electron chi connectivity index (χ3n) is 5.49. The third-order valence-corrected chi connectivity index (χ3v) is 5.49. The van der Waals surface area contributed by atoms with Gasteiger partial charge in [-0.25, -0.2) is 0 Å². The molecule has 3 rings (SSSR count). The van der Waals surface area contributed by atoms with E-state index >= 15 is 0 Å². The lowest BCUT2D eigenvalue weighted by Crippen LogP contribution is -2.38. The lowest BCUT2D eigenvalue weighted by atomic mass is 10.0. The van der Waals surface area contributed by atoms with Gasteiger partial charge in [-0.15, -0.1) is 0 Å². The summed E-state index contributed by atoms with van der Waals surface area (Å²) in [5.74, 6) is 1.94. The van der Waals surface area contributed by atoms with Crippen molar-refractivity contribution in [2.45, 2.75) is 38.6 Å². The van der Waals surface area contributed by atoms with Gasteiger partial charge < -0.3 is 14.8 Å². The summed E-state index contributed by atoms with van der Waals surface area (Å²) < 4.78 is 10.9. The Bertz CT molecular complexity index is 766. The molecule has 0 saturated carbocycles. The van der Waals surface area contributed by atoms with E-state index < -0.39 is 0 Å². The standard InChI is InChI=1S/C24H32N2O3/c1-18(2)19-6-12-22(13-7-19)29-17-24(27)25-16-23(26-14-4-5-15-26)20-8-10-21(28-3)11-9-20/h6-13,18,23H,4-5,14-17H2,1-3H3,(H,25,27). The molecule has 5 heteroatoms. The highest BCUT2D eigenvalue weighted by Gasteiger charge is 2.24. The van der Waals surface area contributed by atoms with Gasteiger partial charge in [0.25, 0.3) is 5.91 Å². The molecule has 1 atom stereocenters. The zero-order valence-corrected chi connectivity index (χ0v) is 17.7. The molecule has 1 saturated heterocycles. The fraction of sp³-hybridized carbons (Fsp3) is 0.458. The minimum atomic E-state index is -0.101. The SMILES string of the molecule is COc1ccc(C(CNC(=O)COc2ccc(C(C)C)cc2)N2CCCC2)cc1. The quantitative estimate of drug-likeness (QED) is 0.692. The molecule has 156 valence electrons. The summed E-state index contributed by atoms with van der Waals surface area (Å²) in [6.45, 7) is 7.03. The Morgan fingerprint density at radius 1 is 0.966 bits per heavy atom. The van der Waals surface area contributed by atoms with Crippen LogP contribution in [0.1, 0.15) is 49.8 Å². The van der Waals surface area contributed by atoms with E-state index in [2.05, 4.69) is 36.2 Å². The van der Waals surface area contributed by atoms with Crippen molar-refractivity contribution in [2.24, 2.45) is 0 Å². The molecule has 0 bridgehead atoms. The third kappa shape index (κ3) is 5.97. The molecule has 0 aliphatic carbocycles. The molecular weight excluding hydrogens is 364 g/mol. The Morgan fingerprint density at radius 3 is 2.14 bits per heavy atom. The van der Waals surface area contributed by atoms with Gasteiger partial charge in [0.15, 0.2) is 6.61 Å². The Morgan fingerprint density at radius 2 is 1.55 bits per heavy atom. The summed E-state index contributed by atoms with van der Waals surface area (Å²) in [5, 5.41) is 3.05. The van der Waals surface area contributed by atoms with Crippen LogP contribution >= 0.6 is 0 Å². The van der Waals surface area contributed by atoms with Crippen LogP contribution in [0.25, 0.3) is 0 Å². The van der Waals surface area contributed by atoms with E-state index in [1.54, 1.807) is 7.11 Å². The molecule has 0 radical (unpaired) electrons. The van der Waals surface area contributed by atoms with Crippen LogP contribution in [0, 0.1) is 0 Å². The number of ether oxygens (including phenoxy) is 2. The largest absolute Gasteiger partial charge is 0.497 e. The summed E-state index contributed by atoms with van der Waals surface area (Å²) in [4.78, 5) is 14.8. The van der Waals surface area contributed by atoms with Gasteiger partial charge in [-0.3, -0.25) is 9.69 Å². The Labute approximate surface area is 174 Å². The highest BCUT2D eigenvalue weighted by atomic mass is 16.5. The van der Waals surface area contributed by atoms with Crippen LogP contribution in [-0.4, -0.2) is 44.2 Å². The summed E-state index contributed by atoms with van der Waals surface area (Å²) in [6.07, 6.45) is 2.41. The average Bonchev–Trinajstić information content (AvgIpc) is 3.27. The van der Waals surface area contributed by atoms with Crippen LogP contribution in [0.15, 0.2) is 48.5 Å². The number of amides is 1. The van der Waals surface area contributed by atoms with Crippen LogP contribution in [0.5, 0.6) is 11.5 Å². The second-order valence-electron chi connectivity index (χ2n) is 7.85. The van der Waals surface area contributed by atoms with Gasteiger partial charge in [0.1, 0.15) is 11.5 Å². The van der Waals surface area contributed by atoms with Gasteiger partial charge in [0, 0.05) is 6.54 Å². The highest BCUT2D eigenvalue weighted by Crippen LogP contribution is 2.26. The van der Waals surface area contributed by atoms with Crippen molar-refractivity contribution in [3.05, 3.63) is 59.7 Å². The number of benzene rings is 2. The maximum absolute atomic E-state index is 12.4. The second-order valence-corrected chi connectivity index (χ2v) is 7.85. The number of rotatable bonds is 9. The van der Waals surface area contributed by atoms with Crippen molar-refractivity contribution in [1.29, 1.82) is 0 Å². The number of hydrogen-bond donors (Lipinski definition) is 1. The fourth-order valence-corrected chi connectivity index (χ4v) is 3.70. The van der Waals surface area contributed by atoms with Gasteiger partial charge in [-0.2, -0.15) is 0 Å². The van der Waals surface area contributed by atoms with Crippen LogP contribution < -0.4 is 14.8 Å². The first-order valence-electron chi connectivity index (χ1n) is 10.4. The Kier molecular flexibility index (Phi) is 7.53. The first-order valence-corrected chi connectivity index (χ1v) is 10.4. The molecular formula is C24H32N2O3. The number of hydrogen-bond acceptors (Lipinski definition) is 4. The molecule has 1 fully saturated rings. The molecule has 0 aromatic heterocycles. The zero-order chi connectivity index (χ0) is 20.6. The maximum atomic E-state index is 12.4. The van der Waals surface area contributed by atoms with Crippen molar-refractivity contribution in [1.82, 2.24) is 10.2 Å². The number of methoxy groups -OCH3 is 1. The van der Waals surface area contributed by atoms with Crippen molar-refractivity contribution < 1.29 is 14.3 Å². The average molecular weight is 397 g/mol. The highest BCUT2D eigenvalue weighted by molar-refractivity contribution is 5.77. The van der Waals surface area contributed by atoms with E-state index in [-0.39, 0.29) is 18.6 Å². The molecule has 1 N–H and O–H groups in total. The first kappa shape index (κ1) is 21.2. The van der Waals surface area contributed by atoms with E-state index in [0.29, 0.717) is 12.5 Å². The van der Waals surface area contributed by atoms with E-state index in [0.717, 1.165) is 24.6 Å². The lowest BCUT2D eigenvalue weighted by molar-refractivity contribution is -0.123. The van der Waals surface area contributed by atoms with Gasteiger partial charge in [0.2, 0.25) is 0 Å². The molecule has 1 amide bonds. The molecule has 1 aliphatic heterocycles. The van der Waals surface area contributed by atoms with Crippen molar-refractivity contribution in [3.8, 4) is 11.5 Å². The molecule has 0 spiro atoms. The van der Waals surface area contributed by atoms with E-state index in [1.165, 1.54) is 24.0 Å². The van der Waals surface area contributed by atoms with Crippen molar-refractivity contribution in [3.63, 3.8) is 0 Å². The Hall–Kier alpha value is -2.53. The maximum Gasteiger partial charge on any atom is 0.258 e. The van der Waals surface area contributed by atoms with Crippen molar-refractivity contribution >= 4 is 5.91 Å². The molecule has 1 unspecified atom stereocenters. The van der Waals surface area contributed by atoms with Crippen LogP contribution in [0.3, 0.4) is 0 Å². The van der Waals surface area contributed by atoms with Gasteiger partial charge in [-0.1, -0.05) is 38.1 Å². The van der Waals surface area contributed by atoms with Gasteiger partial charge in [-0.05, 0) is 67.2 Å². The molecule has 29 heavy (non-hydrogen) atoms. The minimum absolute atomic E-state index is 0.0242. The molecule has 5 nitrogen and oxygen atoms in total. The van der Waals surface area contributed by atoms with Crippen LogP contribution in [0.2, 0.25) is 0 Å². The smallest absolute Gasteiger partial charge is 0.258 e. The molecule has 2 aromatic rings. The number of carbonyl (C=O) groups is 1. The number of carbonyl (C=O) groups excluding carboxylic acids is 1. The normalized spacial score (nSPS) is 15.3. The number of nitrogens with zero attached hydrogens (tertiary/aromatic N) is 1. The second kappa shape index (κ2) is 10.3. The lowest BCUT2D eigenvalue weighted by Gasteiger charge is -2.28. The van der Waals surface area contributed by atoms with E-state index in [9.17, 15) is 4.79 Å². The summed E-state index contributed by atoms with van der Waals surface area (Å²) in [6, 6.07) is 16.2. The Balaban J connectivity index is 1.54. The monoisotopic (exact) mass is 396 g/mol. The van der Waals surface area contributed by atoms with Crippen molar-refractivity contribution in [2.75, 3.05) is 33.4 Å². The minimum Gasteiger partial charge on any atom is -0.497 e. The number of likely N-dealkylation sites (tertiary alicyclic amines) is 1. The summed E-state index contributed by atoms with van der Waals surface area (Å²) in [5.41, 5.74) is 2.45. The van der Waals surface area contributed by atoms with E-state index in [1.807, 2.05) is 36.4 Å².